The van der Waals surface area contributed by atoms with Crippen LogP contribution < -0.4 is 10.5 Å². The van der Waals surface area contributed by atoms with Gasteiger partial charge in [0.25, 0.3) is 6.08 Å². The molecule has 0 saturated carbocycles. The standard InChI is InChI=1S/C22H24F2N4O4S/c1-2-15-16(17-7-3-4-11-26-17)6-5-8-18(15)33(31,32)27-19(21(25)29)22(30)28-12-9-14(10-13-28)20(23)24/h3-8,11,19,27H,2,9-10,12-13H2,1H3,(H2,25,29)/t19-/m0/s1. The van der Waals surface area contributed by atoms with Gasteiger partial charge in [0, 0.05) is 24.8 Å². The number of sulfonamides is 1. The summed E-state index contributed by atoms with van der Waals surface area (Å²) in [5, 5.41) is 0. The van der Waals surface area contributed by atoms with Gasteiger partial charge in [-0.2, -0.15) is 13.5 Å². The molecule has 0 bridgehead atoms. The highest BCUT2D eigenvalue weighted by Gasteiger charge is 2.35. The molecular formula is C22H24F2N4O4S. The Balaban J connectivity index is 1.90. The summed E-state index contributed by atoms with van der Waals surface area (Å²) in [6.45, 7) is 1.65. The summed E-state index contributed by atoms with van der Waals surface area (Å²) in [7, 11) is -4.34. The number of nitrogens with two attached hydrogens (primary N) is 1. The third-order valence-electron chi connectivity index (χ3n) is 5.47. The lowest BCUT2D eigenvalue weighted by molar-refractivity contribution is -0.138. The lowest BCUT2D eigenvalue weighted by atomic mass is 10.0. The van der Waals surface area contributed by atoms with E-state index in [4.69, 9.17) is 5.73 Å². The molecule has 1 atom stereocenters. The molecule has 1 aliphatic rings. The Morgan fingerprint density at radius 1 is 1.15 bits per heavy atom. The lowest BCUT2D eigenvalue weighted by Crippen LogP contribution is -2.56. The summed E-state index contributed by atoms with van der Waals surface area (Å²) in [5.74, 6) is -2.05. The smallest absolute Gasteiger partial charge is 0.269 e. The van der Waals surface area contributed by atoms with Crippen LogP contribution in [0.25, 0.3) is 11.3 Å². The molecule has 8 nitrogen and oxygen atoms in total. The topological polar surface area (TPSA) is 122 Å². The molecule has 1 aliphatic heterocycles. The second-order valence-electron chi connectivity index (χ2n) is 7.50. The van der Waals surface area contributed by atoms with Crippen molar-refractivity contribution in [1.29, 1.82) is 0 Å². The van der Waals surface area contributed by atoms with Gasteiger partial charge in [0.1, 0.15) is 0 Å². The average Bonchev–Trinajstić information content (AvgIpc) is 2.82. The largest absolute Gasteiger partial charge is 0.368 e. The average molecular weight is 479 g/mol. The molecule has 33 heavy (non-hydrogen) atoms. The van der Waals surface area contributed by atoms with Gasteiger partial charge in [0.15, 0.2) is 6.04 Å². The van der Waals surface area contributed by atoms with Crippen molar-refractivity contribution in [3.63, 3.8) is 0 Å². The van der Waals surface area contributed by atoms with Gasteiger partial charge in [-0.25, -0.2) is 8.42 Å². The number of aromatic nitrogens is 1. The molecular weight excluding hydrogens is 454 g/mol. The fourth-order valence-electron chi connectivity index (χ4n) is 3.76. The number of rotatable bonds is 7. The monoisotopic (exact) mass is 478 g/mol. The normalized spacial score (nSPS) is 15.2. The Morgan fingerprint density at radius 3 is 2.39 bits per heavy atom. The van der Waals surface area contributed by atoms with E-state index in [0.29, 0.717) is 23.2 Å². The third-order valence-corrected chi connectivity index (χ3v) is 6.97. The van der Waals surface area contributed by atoms with Crippen LogP contribution in [0.1, 0.15) is 25.3 Å². The van der Waals surface area contributed by atoms with E-state index in [1.165, 1.54) is 6.07 Å². The van der Waals surface area contributed by atoms with E-state index in [0.717, 1.165) is 4.90 Å². The van der Waals surface area contributed by atoms with E-state index in [9.17, 15) is 26.8 Å². The summed E-state index contributed by atoms with van der Waals surface area (Å²) in [5.41, 5.74) is 6.92. The van der Waals surface area contributed by atoms with Crippen molar-refractivity contribution in [1.82, 2.24) is 14.6 Å². The number of benzene rings is 1. The Hall–Kier alpha value is -3.18. The van der Waals surface area contributed by atoms with E-state index >= 15 is 0 Å². The number of carbonyl (C=O) groups excluding carboxylic acids is 2. The zero-order valence-corrected chi connectivity index (χ0v) is 18.7. The Labute approximate surface area is 190 Å². The Morgan fingerprint density at radius 2 is 1.85 bits per heavy atom. The predicted molar refractivity (Wildman–Crippen MR) is 117 cm³/mol. The Kier molecular flexibility index (Phi) is 7.54. The second kappa shape index (κ2) is 10.2. The van der Waals surface area contributed by atoms with Crippen molar-refractivity contribution in [3.05, 3.63) is 59.8 Å². The molecule has 2 aromatic rings. The van der Waals surface area contributed by atoms with E-state index in [2.05, 4.69) is 9.71 Å². The van der Waals surface area contributed by atoms with Crippen molar-refractivity contribution < 1.29 is 26.8 Å². The van der Waals surface area contributed by atoms with Crippen molar-refractivity contribution in [3.8, 4) is 11.3 Å². The number of nitrogens with zero attached hydrogens (tertiary/aromatic N) is 2. The van der Waals surface area contributed by atoms with Gasteiger partial charge < -0.3 is 10.6 Å². The van der Waals surface area contributed by atoms with Gasteiger partial charge in [0.05, 0.1) is 10.6 Å². The first kappa shape index (κ1) is 24.5. The zero-order chi connectivity index (χ0) is 24.2. The molecule has 3 rings (SSSR count). The molecule has 1 aromatic carbocycles. The molecule has 2 amide bonds. The number of amides is 2. The molecule has 0 unspecified atom stereocenters. The summed E-state index contributed by atoms with van der Waals surface area (Å²) in [6.07, 6.45) is 0.0313. The minimum atomic E-state index is -4.34. The minimum Gasteiger partial charge on any atom is -0.368 e. The number of carbonyl (C=O) groups is 2. The summed E-state index contributed by atoms with van der Waals surface area (Å²) >= 11 is 0. The van der Waals surface area contributed by atoms with Crippen LogP contribution in [-0.2, 0) is 26.0 Å². The lowest BCUT2D eigenvalue weighted by Gasteiger charge is -2.30. The van der Waals surface area contributed by atoms with Crippen LogP contribution in [0.5, 0.6) is 0 Å². The zero-order valence-electron chi connectivity index (χ0n) is 17.9. The molecule has 11 heteroatoms. The van der Waals surface area contributed by atoms with Gasteiger partial charge in [-0.15, -0.1) is 0 Å². The molecule has 0 aliphatic carbocycles. The predicted octanol–water partition coefficient (Wildman–Crippen LogP) is 2.22. The molecule has 0 radical (unpaired) electrons. The van der Waals surface area contributed by atoms with Crippen LogP contribution in [0.4, 0.5) is 8.78 Å². The number of pyridine rings is 1. The maximum absolute atomic E-state index is 13.2. The summed E-state index contributed by atoms with van der Waals surface area (Å²) in [4.78, 5) is 30.2. The molecule has 2 heterocycles. The fourth-order valence-corrected chi connectivity index (χ4v) is 5.25. The number of nitrogens with one attached hydrogen (secondary N) is 1. The van der Waals surface area contributed by atoms with Gasteiger partial charge in [-0.3, -0.25) is 14.6 Å². The van der Waals surface area contributed by atoms with E-state index in [1.807, 2.05) is 0 Å². The fraction of sp³-hybridized carbons (Fsp3) is 0.318. The minimum absolute atomic E-state index is 0.0571. The highest BCUT2D eigenvalue weighted by atomic mass is 32.2. The third kappa shape index (κ3) is 5.42. The van der Waals surface area contributed by atoms with Crippen molar-refractivity contribution in [2.75, 3.05) is 13.1 Å². The first-order valence-electron chi connectivity index (χ1n) is 10.3. The Bertz CT molecular complexity index is 1170. The van der Waals surface area contributed by atoms with E-state index in [1.54, 1.807) is 43.5 Å². The number of piperidine rings is 1. The van der Waals surface area contributed by atoms with Crippen LogP contribution >= 0.6 is 0 Å². The van der Waals surface area contributed by atoms with Crippen molar-refractivity contribution >= 4 is 21.8 Å². The number of likely N-dealkylation sites (tertiary alicyclic amines) is 1. The highest BCUT2D eigenvalue weighted by Crippen LogP contribution is 2.28. The number of halogens is 2. The maximum atomic E-state index is 13.2. The molecule has 1 aromatic heterocycles. The van der Waals surface area contributed by atoms with Gasteiger partial charge in [-0.1, -0.05) is 25.1 Å². The number of hydrogen-bond acceptors (Lipinski definition) is 5. The van der Waals surface area contributed by atoms with Crippen LogP contribution in [0.3, 0.4) is 0 Å². The van der Waals surface area contributed by atoms with Gasteiger partial charge >= 0.3 is 0 Å². The van der Waals surface area contributed by atoms with Crippen LogP contribution in [0.15, 0.2) is 59.1 Å². The van der Waals surface area contributed by atoms with Crippen molar-refractivity contribution in [2.45, 2.75) is 37.1 Å². The molecule has 176 valence electrons. The van der Waals surface area contributed by atoms with Crippen LogP contribution in [0, 0.1) is 0 Å². The van der Waals surface area contributed by atoms with Crippen molar-refractivity contribution in [2.24, 2.45) is 5.73 Å². The first-order chi connectivity index (χ1) is 15.7. The SMILES string of the molecule is CCc1c(-c2ccccn2)cccc1S(=O)(=O)N[C@@H](C(N)=O)C(=O)N1CCC(=C(F)F)CC1. The van der Waals surface area contributed by atoms with Gasteiger partial charge in [-0.05, 0) is 48.6 Å². The first-order valence-corrected chi connectivity index (χ1v) is 11.8. The molecule has 3 N–H and O–H groups in total. The number of hydrogen-bond donors (Lipinski definition) is 2. The summed E-state index contributed by atoms with van der Waals surface area (Å²) in [6, 6.07) is 8.05. The molecule has 0 spiro atoms. The van der Waals surface area contributed by atoms with Crippen LogP contribution in [-0.4, -0.2) is 49.2 Å². The quantitative estimate of drug-likeness (QED) is 0.591. The number of primary amides is 1. The van der Waals surface area contributed by atoms with Gasteiger partial charge in [0.2, 0.25) is 21.8 Å². The molecule has 1 saturated heterocycles. The summed E-state index contributed by atoms with van der Waals surface area (Å²) < 4.78 is 54.1. The van der Waals surface area contributed by atoms with E-state index in [-0.39, 0.29) is 36.4 Å². The highest BCUT2D eigenvalue weighted by molar-refractivity contribution is 7.89. The van der Waals surface area contributed by atoms with Crippen LogP contribution in [0.2, 0.25) is 0 Å². The molecule has 1 fully saturated rings. The maximum Gasteiger partial charge on any atom is 0.269 e. The van der Waals surface area contributed by atoms with E-state index < -0.39 is 34.0 Å². The second-order valence-corrected chi connectivity index (χ2v) is 9.18.